The number of methoxy groups -OCH3 is 4. The number of aryl methyl sites for hydroxylation is 1. The number of furan rings is 3. The van der Waals surface area contributed by atoms with Gasteiger partial charge in [0.15, 0.2) is 46.0 Å². The van der Waals surface area contributed by atoms with Crippen LogP contribution in [-0.4, -0.2) is 85.7 Å². The number of benzene rings is 3. The molecule has 3 aromatic heterocycles. The summed E-state index contributed by atoms with van der Waals surface area (Å²) < 4.78 is 106. The summed E-state index contributed by atoms with van der Waals surface area (Å²) in [5.41, 5.74) is 0.631. The Hall–Kier alpha value is -5.64. The molecule has 0 atom stereocenters. The maximum atomic E-state index is 13.5. The number of hydrogen-bond donors (Lipinski definition) is 0. The Morgan fingerprint density at radius 1 is 0.574 bits per heavy atom. The first-order valence-electron chi connectivity index (χ1n) is 18.0. The van der Waals surface area contributed by atoms with Crippen molar-refractivity contribution in [3.8, 4) is 34.5 Å². The molecule has 0 saturated carbocycles. The number of fused-ring (bicyclic) bond motifs is 3. The van der Waals surface area contributed by atoms with Gasteiger partial charge >= 0.3 is 47.5 Å². The number of esters is 3. The zero-order valence-corrected chi connectivity index (χ0v) is 37.2. The first-order valence-corrected chi connectivity index (χ1v) is 19.4. The molecule has 320 valence electrons. The summed E-state index contributed by atoms with van der Waals surface area (Å²) in [7, 11) is 0.174. The van der Waals surface area contributed by atoms with Crippen LogP contribution in [0, 0.1) is 6.92 Å². The van der Waals surface area contributed by atoms with Gasteiger partial charge in [0.25, 0.3) is 10.4 Å². The van der Waals surface area contributed by atoms with Crippen molar-refractivity contribution in [2.75, 3.05) is 54.9 Å². The fourth-order valence-electron chi connectivity index (χ4n) is 6.30. The summed E-state index contributed by atoms with van der Waals surface area (Å²) >= 11 is 0. The molecule has 0 saturated heterocycles. The first-order chi connectivity index (χ1) is 28.7. The molecular formula is C40H39NaO19S. The first kappa shape index (κ1) is 46.4. The van der Waals surface area contributed by atoms with Crippen molar-refractivity contribution in [3.05, 3.63) is 70.4 Å². The zero-order valence-electron chi connectivity index (χ0n) is 34.4. The van der Waals surface area contributed by atoms with Gasteiger partial charge in [-0.25, -0.2) is 22.8 Å². The van der Waals surface area contributed by atoms with E-state index >= 15 is 0 Å². The summed E-state index contributed by atoms with van der Waals surface area (Å²) in [6.45, 7) is 4.29. The van der Waals surface area contributed by atoms with Crippen LogP contribution in [0.25, 0.3) is 32.9 Å². The van der Waals surface area contributed by atoms with Crippen LogP contribution < -0.4 is 57.4 Å². The maximum absolute atomic E-state index is 13.5. The average molecular weight is 879 g/mol. The van der Waals surface area contributed by atoms with Crippen LogP contribution in [0.3, 0.4) is 0 Å². The minimum atomic E-state index is -5.25. The van der Waals surface area contributed by atoms with E-state index in [2.05, 4.69) is 4.18 Å². The van der Waals surface area contributed by atoms with E-state index in [9.17, 15) is 27.4 Å². The summed E-state index contributed by atoms with van der Waals surface area (Å²) in [5, 5.41) is 0.676. The summed E-state index contributed by atoms with van der Waals surface area (Å²) in [4.78, 5) is 39.7. The van der Waals surface area contributed by atoms with Gasteiger partial charge < -0.3 is 64.6 Å². The predicted octanol–water partition coefficient (Wildman–Crippen LogP) is 3.42. The molecule has 19 nitrogen and oxygen atoms in total. The third-order valence-corrected chi connectivity index (χ3v) is 9.22. The van der Waals surface area contributed by atoms with Crippen molar-refractivity contribution in [1.29, 1.82) is 0 Å². The molecule has 6 rings (SSSR count). The van der Waals surface area contributed by atoms with Gasteiger partial charge in [-0.05, 0) is 39.0 Å². The number of hydrogen-bond acceptors (Lipinski definition) is 19. The van der Waals surface area contributed by atoms with Crippen LogP contribution in [0.1, 0.15) is 62.2 Å². The van der Waals surface area contributed by atoms with Gasteiger partial charge in [-0.1, -0.05) is 0 Å². The Kier molecular flexibility index (Phi) is 15.1. The van der Waals surface area contributed by atoms with Crippen molar-refractivity contribution in [2.45, 2.75) is 34.0 Å². The monoisotopic (exact) mass is 878 g/mol. The molecular weight excluding hydrogens is 839 g/mol. The molecule has 3 heterocycles. The Labute approximate surface area is 370 Å². The van der Waals surface area contributed by atoms with Crippen molar-refractivity contribution in [3.63, 3.8) is 0 Å². The van der Waals surface area contributed by atoms with Crippen LogP contribution in [0.2, 0.25) is 0 Å². The molecule has 0 N–H and O–H groups in total. The van der Waals surface area contributed by atoms with Crippen LogP contribution in [-0.2, 0) is 42.6 Å². The number of ether oxygens (including phenoxy) is 9. The second kappa shape index (κ2) is 19.8. The minimum absolute atomic E-state index is 0. The Bertz CT molecular complexity index is 2690. The van der Waals surface area contributed by atoms with E-state index in [1.807, 2.05) is 0 Å². The van der Waals surface area contributed by atoms with Crippen LogP contribution in [0.4, 0.5) is 0 Å². The van der Waals surface area contributed by atoms with Crippen molar-refractivity contribution in [2.24, 2.45) is 0 Å². The Morgan fingerprint density at radius 3 is 1.43 bits per heavy atom. The molecule has 0 bridgehead atoms. The van der Waals surface area contributed by atoms with E-state index in [0.717, 1.165) is 6.07 Å². The summed E-state index contributed by atoms with van der Waals surface area (Å²) in [6.07, 6.45) is 0. The second-order valence-corrected chi connectivity index (χ2v) is 13.5. The van der Waals surface area contributed by atoms with Gasteiger partial charge in [0, 0.05) is 41.5 Å². The molecule has 0 fully saturated rings. The van der Waals surface area contributed by atoms with Crippen LogP contribution in [0.15, 0.2) is 49.6 Å². The van der Waals surface area contributed by atoms with Gasteiger partial charge in [-0.2, -0.15) is 0 Å². The van der Waals surface area contributed by atoms with Crippen LogP contribution >= 0.6 is 0 Å². The molecule has 0 unspecified atom stereocenters. The van der Waals surface area contributed by atoms with E-state index in [1.165, 1.54) is 46.6 Å². The predicted molar refractivity (Wildman–Crippen MR) is 206 cm³/mol. The average Bonchev–Trinajstić information content (AvgIpc) is 3.86. The molecule has 0 spiro atoms. The SMILES string of the molecule is CCOC(=O)c1c(C)oc2cc(OC)c(OCc3oc4cc(OC)c(OCc5oc6cc(OC)c(OS(=O)(=O)[O-])cc6c5C(=O)OCCOC)cc4c3C(=O)OCC)cc12.[Na+]. The van der Waals surface area contributed by atoms with Gasteiger partial charge in [-0.15, -0.1) is 0 Å². The smallest absolute Gasteiger partial charge is 0.716 e. The zero-order chi connectivity index (χ0) is 43.3. The third kappa shape index (κ3) is 9.95. The Morgan fingerprint density at radius 2 is 0.984 bits per heavy atom. The van der Waals surface area contributed by atoms with Gasteiger partial charge in [-0.3, -0.25) is 0 Å². The van der Waals surface area contributed by atoms with Crippen molar-refractivity contribution >= 4 is 61.2 Å². The summed E-state index contributed by atoms with van der Waals surface area (Å²) in [5.74, 6) is -1.91. The van der Waals surface area contributed by atoms with E-state index in [0.29, 0.717) is 16.7 Å². The van der Waals surface area contributed by atoms with Gasteiger partial charge in [0.1, 0.15) is 59.0 Å². The fraction of sp³-hybridized carbons (Fsp3) is 0.325. The molecule has 6 aromatic rings. The molecule has 0 aliphatic carbocycles. The largest absolute Gasteiger partial charge is 1.00 e. The summed E-state index contributed by atoms with van der Waals surface area (Å²) in [6, 6.07) is 8.37. The molecule has 0 radical (unpaired) electrons. The quantitative estimate of drug-likeness (QED) is 0.0283. The molecule has 61 heavy (non-hydrogen) atoms. The normalized spacial score (nSPS) is 11.3. The van der Waals surface area contributed by atoms with Crippen molar-refractivity contribution in [1.82, 2.24) is 0 Å². The third-order valence-electron chi connectivity index (χ3n) is 8.84. The Balaban J connectivity index is 0.00000704. The molecule has 0 amide bonds. The maximum Gasteiger partial charge on any atom is 1.00 e. The van der Waals surface area contributed by atoms with Crippen LogP contribution in [0.5, 0.6) is 34.5 Å². The molecule has 0 aliphatic heterocycles. The second-order valence-electron chi connectivity index (χ2n) is 12.5. The fourth-order valence-corrected chi connectivity index (χ4v) is 6.65. The molecule has 21 heteroatoms. The number of rotatable bonds is 19. The molecule has 3 aromatic carbocycles. The number of carbonyl (C=O) groups excluding carboxylic acids is 3. The van der Waals surface area contributed by atoms with E-state index < -0.39 is 40.7 Å². The van der Waals surface area contributed by atoms with E-state index in [4.69, 9.17) is 55.9 Å². The van der Waals surface area contributed by atoms with Gasteiger partial charge in [0.05, 0.1) is 41.2 Å². The topological polar surface area (TPSA) is 240 Å². The van der Waals surface area contributed by atoms with E-state index in [1.54, 1.807) is 32.9 Å². The number of carbonyl (C=O) groups is 3. The van der Waals surface area contributed by atoms with Crippen molar-refractivity contribution < 1.29 is 117 Å². The minimum Gasteiger partial charge on any atom is -0.716 e. The molecule has 0 aliphatic rings. The van der Waals surface area contributed by atoms with Gasteiger partial charge in [0.2, 0.25) is 0 Å². The van der Waals surface area contributed by atoms with E-state index in [-0.39, 0.29) is 141 Å². The standard InChI is InChI=1S/C40H40O19S.Na/c1-8-51-38(41)35-20(3)56-24-15-27(48-5)30(12-21(24)35)54-18-33-36(39(42)52-9-2)22-13-31(28(49-6)16-25(22)57-33)55-19-34-37(40(43)53-11-10-47-4)23-14-32(59-60(44,45)46)29(50-7)17-26(23)58-34;/h12-17H,8-11,18-19H2,1-7H3,(H,44,45,46);/q;+1/p-1.